The molecule has 0 spiro atoms. The number of hydrogen-bond acceptors (Lipinski definition) is 7. The molecule has 0 saturated heterocycles. The highest BCUT2D eigenvalue weighted by Gasteiger charge is 2.25. The predicted octanol–water partition coefficient (Wildman–Crippen LogP) is 2.68. The Kier molecular flexibility index (Phi) is 6.41. The van der Waals surface area contributed by atoms with Gasteiger partial charge in [0.2, 0.25) is 11.7 Å². The van der Waals surface area contributed by atoms with Gasteiger partial charge in [0, 0.05) is 38.3 Å². The van der Waals surface area contributed by atoms with E-state index in [4.69, 9.17) is 4.52 Å². The van der Waals surface area contributed by atoms with Crippen LogP contribution < -0.4 is 4.90 Å². The van der Waals surface area contributed by atoms with Crippen LogP contribution in [0.5, 0.6) is 0 Å². The first-order chi connectivity index (χ1) is 15.8. The Labute approximate surface area is 192 Å². The number of rotatable bonds is 7. The summed E-state index contributed by atoms with van der Waals surface area (Å²) in [6, 6.07) is 13.7. The molecule has 0 aliphatic carbocycles. The molecular weight excluding hydrogens is 422 g/mol. The van der Waals surface area contributed by atoms with E-state index in [9.17, 15) is 14.7 Å². The Morgan fingerprint density at radius 3 is 2.58 bits per heavy atom. The van der Waals surface area contributed by atoms with Gasteiger partial charge in [0.25, 0.3) is 5.91 Å². The van der Waals surface area contributed by atoms with Crippen LogP contribution in [-0.4, -0.2) is 63.8 Å². The third-order valence-corrected chi connectivity index (χ3v) is 5.88. The van der Waals surface area contributed by atoms with Crippen molar-refractivity contribution in [2.24, 2.45) is 0 Å². The fourth-order valence-electron chi connectivity index (χ4n) is 4.06. The van der Waals surface area contributed by atoms with Gasteiger partial charge in [0.15, 0.2) is 0 Å². The number of hydrazine groups is 1. The maximum absolute atomic E-state index is 13.2. The number of carboxylic acid groups (broad SMARTS) is 1. The van der Waals surface area contributed by atoms with Crippen molar-refractivity contribution in [3.8, 4) is 11.4 Å². The zero-order chi connectivity index (χ0) is 23.5. The molecule has 0 unspecified atom stereocenters. The second-order valence-electron chi connectivity index (χ2n) is 8.21. The van der Waals surface area contributed by atoms with Gasteiger partial charge < -0.3 is 14.5 Å². The normalized spacial score (nSPS) is 13.4. The summed E-state index contributed by atoms with van der Waals surface area (Å²) < 4.78 is 5.07. The largest absolute Gasteiger partial charge is 0.480 e. The summed E-state index contributed by atoms with van der Waals surface area (Å²) in [5.74, 6) is -0.345. The first-order valence-corrected chi connectivity index (χ1v) is 10.8. The van der Waals surface area contributed by atoms with Gasteiger partial charge in [-0.05, 0) is 36.1 Å². The number of carbonyl (C=O) groups is 2. The molecule has 2 heterocycles. The summed E-state index contributed by atoms with van der Waals surface area (Å²) in [6.45, 7) is 4.57. The maximum atomic E-state index is 13.2. The van der Waals surface area contributed by atoms with Gasteiger partial charge in [-0.15, -0.1) is 0 Å². The topological polar surface area (TPSA) is 103 Å². The summed E-state index contributed by atoms with van der Waals surface area (Å²) in [5, 5.41) is 17.1. The van der Waals surface area contributed by atoms with Crippen LogP contribution in [0.15, 0.2) is 47.0 Å². The van der Waals surface area contributed by atoms with Crippen molar-refractivity contribution in [1.29, 1.82) is 0 Å². The lowest BCUT2D eigenvalue weighted by molar-refractivity contribution is -0.145. The lowest BCUT2D eigenvalue weighted by atomic mass is 10.0. The number of carbonyl (C=O) groups excluding carboxylic acids is 1. The smallest absolute Gasteiger partial charge is 0.323 e. The fourth-order valence-corrected chi connectivity index (χ4v) is 4.06. The maximum Gasteiger partial charge on any atom is 0.323 e. The minimum absolute atomic E-state index is 0.0729. The number of nitrogens with zero attached hydrogens (tertiary/aromatic N) is 5. The monoisotopic (exact) mass is 449 g/mol. The highest BCUT2D eigenvalue weighted by molar-refractivity contribution is 5.85. The van der Waals surface area contributed by atoms with Crippen molar-refractivity contribution < 1.29 is 19.2 Å². The zero-order valence-corrected chi connectivity index (χ0v) is 19.0. The number of carboxylic acids is 1. The molecule has 172 valence electrons. The van der Waals surface area contributed by atoms with E-state index < -0.39 is 5.97 Å². The molecule has 0 atom stereocenters. The van der Waals surface area contributed by atoms with Crippen molar-refractivity contribution in [3.05, 3.63) is 65.0 Å². The van der Waals surface area contributed by atoms with Crippen LogP contribution in [0.3, 0.4) is 0 Å². The minimum Gasteiger partial charge on any atom is -0.480 e. The van der Waals surface area contributed by atoms with Gasteiger partial charge in [-0.1, -0.05) is 41.6 Å². The van der Waals surface area contributed by atoms with Gasteiger partial charge in [0.1, 0.15) is 6.54 Å². The number of amides is 1. The number of aliphatic carboxylic acids is 1. The highest BCUT2D eigenvalue weighted by atomic mass is 16.5. The third kappa shape index (κ3) is 5.04. The minimum atomic E-state index is -1.02. The Hall–Kier alpha value is -3.72. The van der Waals surface area contributed by atoms with E-state index in [2.05, 4.69) is 22.3 Å². The van der Waals surface area contributed by atoms with Crippen LogP contribution in [0.1, 0.15) is 22.6 Å². The SMILES string of the molecule is Cc1nc(-c2ccc(C)c(N(CC(=O)O)CC(=O)N(C)N3CCc4ccccc4C3)c2)no1. The Bertz CT molecular complexity index is 1180. The number of anilines is 1. The van der Waals surface area contributed by atoms with E-state index in [-0.39, 0.29) is 19.0 Å². The number of aromatic nitrogens is 2. The fraction of sp³-hybridized carbons (Fsp3) is 0.333. The molecule has 1 aliphatic heterocycles. The Morgan fingerprint density at radius 1 is 1.12 bits per heavy atom. The number of benzene rings is 2. The Morgan fingerprint density at radius 2 is 1.88 bits per heavy atom. The van der Waals surface area contributed by atoms with Crippen molar-refractivity contribution in [2.75, 3.05) is 31.6 Å². The molecule has 1 amide bonds. The van der Waals surface area contributed by atoms with Crippen LogP contribution in [0.25, 0.3) is 11.4 Å². The summed E-state index contributed by atoms with van der Waals surface area (Å²) in [5.41, 5.74) is 4.68. The van der Waals surface area contributed by atoms with Gasteiger partial charge in [0.05, 0.1) is 6.54 Å². The number of aryl methyl sites for hydroxylation is 2. The molecule has 9 heteroatoms. The van der Waals surface area contributed by atoms with Gasteiger partial charge in [-0.2, -0.15) is 4.98 Å². The van der Waals surface area contributed by atoms with Crippen molar-refractivity contribution in [2.45, 2.75) is 26.8 Å². The molecule has 4 rings (SSSR count). The van der Waals surface area contributed by atoms with Crippen LogP contribution >= 0.6 is 0 Å². The summed E-state index contributed by atoms with van der Waals surface area (Å²) in [6.07, 6.45) is 0.859. The van der Waals surface area contributed by atoms with Crippen molar-refractivity contribution >= 4 is 17.6 Å². The number of fused-ring (bicyclic) bond motifs is 1. The highest BCUT2D eigenvalue weighted by Crippen LogP contribution is 2.27. The molecule has 1 N–H and O–H groups in total. The van der Waals surface area contributed by atoms with Crippen LogP contribution in [-0.2, 0) is 22.6 Å². The van der Waals surface area contributed by atoms with Crippen LogP contribution in [0.4, 0.5) is 5.69 Å². The first-order valence-electron chi connectivity index (χ1n) is 10.8. The lowest BCUT2D eigenvalue weighted by Gasteiger charge is -2.37. The summed E-state index contributed by atoms with van der Waals surface area (Å²) in [4.78, 5) is 30.6. The molecule has 3 aromatic rings. The van der Waals surface area contributed by atoms with Crippen molar-refractivity contribution in [1.82, 2.24) is 20.2 Å². The average Bonchev–Trinajstić information content (AvgIpc) is 3.24. The zero-order valence-electron chi connectivity index (χ0n) is 19.0. The molecule has 0 fully saturated rings. The molecule has 2 aromatic carbocycles. The van der Waals surface area contributed by atoms with E-state index >= 15 is 0 Å². The molecule has 0 saturated carbocycles. The molecule has 0 bridgehead atoms. The summed E-state index contributed by atoms with van der Waals surface area (Å²) in [7, 11) is 1.74. The van der Waals surface area contributed by atoms with Gasteiger partial charge in [-0.25, -0.2) is 5.01 Å². The van der Waals surface area contributed by atoms with E-state index in [0.717, 1.165) is 18.5 Å². The second kappa shape index (κ2) is 9.41. The number of hydrogen-bond donors (Lipinski definition) is 1. The average molecular weight is 450 g/mol. The van der Waals surface area contributed by atoms with Crippen molar-refractivity contribution in [3.63, 3.8) is 0 Å². The molecular formula is C24H27N5O4. The Balaban J connectivity index is 1.54. The van der Waals surface area contributed by atoms with E-state index in [1.807, 2.05) is 36.2 Å². The van der Waals surface area contributed by atoms with Crippen LogP contribution in [0.2, 0.25) is 0 Å². The second-order valence-corrected chi connectivity index (χ2v) is 8.21. The third-order valence-electron chi connectivity index (χ3n) is 5.88. The molecule has 9 nitrogen and oxygen atoms in total. The van der Waals surface area contributed by atoms with E-state index in [1.165, 1.54) is 11.1 Å². The van der Waals surface area contributed by atoms with E-state index in [0.29, 0.717) is 29.5 Å². The molecule has 0 radical (unpaired) electrons. The molecule has 1 aromatic heterocycles. The first kappa shape index (κ1) is 22.5. The predicted molar refractivity (Wildman–Crippen MR) is 122 cm³/mol. The molecule has 33 heavy (non-hydrogen) atoms. The van der Waals surface area contributed by atoms with E-state index in [1.54, 1.807) is 29.9 Å². The standard InChI is InChI=1S/C24H27N5O4/c1-16-8-9-19(24-25-17(2)33-26-24)12-21(16)28(15-23(31)32)14-22(30)27(3)29-11-10-18-6-4-5-7-20(18)13-29/h4-9,12H,10-11,13-15H2,1-3H3,(H,31,32). The molecule has 1 aliphatic rings. The summed E-state index contributed by atoms with van der Waals surface area (Å²) >= 11 is 0. The van der Waals surface area contributed by atoms with Crippen LogP contribution in [0, 0.1) is 13.8 Å². The van der Waals surface area contributed by atoms with Gasteiger partial charge in [-0.3, -0.25) is 14.6 Å². The quantitative estimate of drug-likeness (QED) is 0.587. The lowest BCUT2D eigenvalue weighted by Crippen LogP contribution is -2.50. The van der Waals surface area contributed by atoms with Gasteiger partial charge >= 0.3 is 5.97 Å². The number of likely N-dealkylation sites (N-methyl/N-ethyl adjacent to an activating group) is 1.